The Kier molecular flexibility index (Phi) is 4.30. The minimum atomic E-state index is -0.231. The van der Waals surface area contributed by atoms with Gasteiger partial charge >= 0.3 is 0 Å². The Labute approximate surface area is 159 Å². The zero-order valence-electron chi connectivity index (χ0n) is 16.3. The van der Waals surface area contributed by atoms with Crippen LogP contribution in [-0.2, 0) is 6.42 Å². The monoisotopic (exact) mass is 371 g/mol. The maximum atomic E-state index is 10.2. The number of phenols is 1. The van der Waals surface area contributed by atoms with Crippen molar-refractivity contribution in [1.29, 1.82) is 0 Å². The molecule has 0 bridgehead atoms. The van der Waals surface area contributed by atoms with E-state index < -0.39 is 0 Å². The number of fused-ring (bicyclic) bond motifs is 2. The molecule has 144 valence electrons. The van der Waals surface area contributed by atoms with Gasteiger partial charge in [0.2, 0.25) is 0 Å². The first kappa shape index (κ1) is 17.8. The fourth-order valence-electron chi connectivity index (χ4n) is 3.92. The molecule has 2 aliphatic heterocycles. The largest absolute Gasteiger partial charge is 0.504 e. The van der Waals surface area contributed by atoms with Crippen LogP contribution in [-0.4, -0.2) is 43.9 Å². The Morgan fingerprint density at radius 2 is 1.93 bits per heavy atom. The lowest BCUT2D eigenvalue weighted by atomic mass is 9.86. The molecule has 2 aliphatic rings. The zero-order chi connectivity index (χ0) is 19.3. The van der Waals surface area contributed by atoms with Gasteiger partial charge in [0.05, 0.1) is 20.3 Å². The van der Waals surface area contributed by atoms with E-state index in [-0.39, 0.29) is 18.1 Å². The van der Waals surface area contributed by atoms with Crippen LogP contribution in [0.5, 0.6) is 28.7 Å². The van der Waals surface area contributed by atoms with Gasteiger partial charge in [-0.05, 0) is 45.0 Å². The van der Waals surface area contributed by atoms with Crippen molar-refractivity contribution in [3.8, 4) is 39.9 Å². The summed E-state index contributed by atoms with van der Waals surface area (Å²) in [5.41, 5.74) is 4.07. The van der Waals surface area contributed by atoms with Crippen LogP contribution in [0.1, 0.15) is 31.2 Å². The summed E-state index contributed by atoms with van der Waals surface area (Å²) in [6.07, 6.45) is 0.702. The van der Waals surface area contributed by atoms with E-state index in [0.717, 1.165) is 35.4 Å². The first-order valence-electron chi connectivity index (χ1n) is 9.13. The highest BCUT2D eigenvalue weighted by Crippen LogP contribution is 2.55. The third-order valence-electron chi connectivity index (χ3n) is 5.11. The first-order chi connectivity index (χ1) is 12.9. The summed E-state index contributed by atoms with van der Waals surface area (Å²) in [5.74, 6) is 2.45. The Hall–Kier alpha value is -2.60. The highest BCUT2D eigenvalue weighted by molar-refractivity contribution is 5.86. The smallest absolute Gasteiger partial charge is 0.179 e. The van der Waals surface area contributed by atoms with E-state index in [1.165, 1.54) is 12.7 Å². The lowest BCUT2D eigenvalue weighted by molar-refractivity contribution is 0.0326. The predicted octanol–water partition coefficient (Wildman–Crippen LogP) is 3.74. The second-order valence-corrected chi connectivity index (χ2v) is 7.24. The molecular formula is C21H25NO5. The van der Waals surface area contributed by atoms with Crippen molar-refractivity contribution in [2.75, 3.05) is 27.8 Å². The molecular weight excluding hydrogens is 346 g/mol. The van der Waals surface area contributed by atoms with E-state index in [0.29, 0.717) is 17.2 Å². The van der Waals surface area contributed by atoms with Crippen molar-refractivity contribution >= 4 is 0 Å². The molecule has 1 unspecified atom stereocenters. The van der Waals surface area contributed by atoms with Gasteiger partial charge in [0.25, 0.3) is 0 Å². The normalized spacial score (nSPS) is 17.8. The average Bonchev–Trinajstić information content (AvgIpc) is 2.63. The molecule has 0 fully saturated rings. The van der Waals surface area contributed by atoms with Crippen LogP contribution in [0.4, 0.5) is 0 Å². The number of rotatable bonds is 4. The van der Waals surface area contributed by atoms with Gasteiger partial charge in [-0.15, -0.1) is 0 Å². The number of likely N-dealkylation sites (N-methyl/N-ethyl adjacent to an activating group) is 1. The minimum Gasteiger partial charge on any atom is -0.504 e. The van der Waals surface area contributed by atoms with Gasteiger partial charge in [-0.2, -0.15) is 0 Å². The van der Waals surface area contributed by atoms with Gasteiger partial charge in [-0.25, -0.2) is 0 Å². The molecule has 1 atom stereocenters. The number of methoxy groups -OCH3 is 2. The number of hydrogen-bond donors (Lipinski definition) is 1. The molecule has 0 aromatic heterocycles. The van der Waals surface area contributed by atoms with Crippen molar-refractivity contribution in [3.63, 3.8) is 0 Å². The van der Waals surface area contributed by atoms with Crippen molar-refractivity contribution in [3.05, 3.63) is 29.3 Å². The third kappa shape index (κ3) is 2.75. The summed E-state index contributed by atoms with van der Waals surface area (Å²) in [4.78, 5) is 2.17. The summed E-state index contributed by atoms with van der Waals surface area (Å²) in [5, 5.41) is 10.2. The number of ether oxygens (including phenoxy) is 4. The first-order valence-corrected chi connectivity index (χ1v) is 9.13. The molecule has 6 nitrogen and oxygen atoms in total. The quantitative estimate of drug-likeness (QED) is 0.883. The van der Waals surface area contributed by atoms with Crippen molar-refractivity contribution < 1.29 is 24.1 Å². The SMILES string of the molecule is COc1cc2c(cc1O)OC1c3c(cc(OC(C)C)c(OC)c3-2)CCN1C. The molecule has 4 rings (SSSR count). The molecule has 0 amide bonds. The molecule has 0 aliphatic carbocycles. The van der Waals surface area contributed by atoms with Gasteiger partial charge in [0, 0.05) is 29.3 Å². The predicted molar refractivity (Wildman–Crippen MR) is 102 cm³/mol. The fourth-order valence-corrected chi connectivity index (χ4v) is 3.92. The molecule has 2 aromatic carbocycles. The average molecular weight is 371 g/mol. The Bertz CT molecular complexity index is 893. The molecule has 2 aromatic rings. The number of benzene rings is 2. The summed E-state index contributed by atoms with van der Waals surface area (Å²) < 4.78 is 23.5. The van der Waals surface area contributed by atoms with E-state index in [1.807, 2.05) is 20.9 Å². The maximum Gasteiger partial charge on any atom is 0.179 e. The van der Waals surface area contributed by atoms with Gasteiger partial charge in [0.15, 0.2) is 29.2 Å². The summed E-state index contributed by atoms with van der Waals surface area (Å²) in [6.45, 7) is 4.88. The van der Waals surface area contributed by atoms with Crippen LogP contribution >= 0.6 is 0 Å². The van der Waals surface area contributed by atoms with Gasteiger partial charge in [-0.1, -0.05) is 0 Å². The molecule has 6 heteroatoms. The Morgan fingerprint density at radius 3 is 2.59 bits per heavy atom. The molecule has 27 heavy (non-hydrogen) atoms. The standard InChI is InChI=1S/C21H25NO5/c1-11(2)26-17-8-12-6-7-22(3)21-18(12)19(20(17)25-5)13-9-16(24-4)14(23)10-15(13)27-21/h8-11,21,23H,6-7H2,1-5H3. The lowest BCUT2D eigenvalue weighted by Gasteiger charge is -2.40. The lowest BCUT2D eigenvalue weighted by Crippen LogP contribution is -2.37. The van der Waals surface area contributed by atoms with Gasteiger partial charge in [-0.3, -0.25) is 4.90 Å². The molecule has 0 saturated heterocycles. The van der Waals surface area contributed by atoms with Crippen LogP contribution in [0.25, 0.3) is 11.1 Å². The number of hydrogen-bond acceptors (Lipinski definition) is 6. The van der Waals surface area contributed by atoms with Crippen molar-refractivity contribution in [1.82, 2.24) is 4.90 Å². The molecule has 0 spiro atoms. The van der Waals surface area contributed by atoms with E-state index in [2.05, 4.69) is 11.0 Å². The molecule has 1 N–H and O–H groups in total. The van der Waals surface area contributed by atoms with Crippen LogP contribution in [0.15, 0.2) is 18.2 Å². The van der Waals surface area contributed by atoms with Crippen molar-refractivity contribution in [2.45, 2.75) is 32.6 Å². The minimum absolute atomic E-state index is 0.0277. The maximum absolute atomic E-state index is 10.2. The Morgan fingerprint density at radius 1 is 1.15 bits per heavy atom. The third-order valence-corrected chi connectivity index (χ3v) is 5.11. The second kappa shape index (κ2) is 6.53. The molecule has 0 saturated carbocycles. The second-order valence-electron chi connectivity index (χ2n) is 7.24. The summed E-state index contributed by atoms with van der Waals surface area (Å²) in [7, 11) is 5.23. The van der Waals surface area contributed by atoms with Crippen LogP contribution in [0.3, 0.4) is 0 Å². The highest BCUT2D eigenvalue weighted by Gasteiger charge is 2.38. The topological polar surface area (TPSA) is 60.4 Å². The van der Waals surface area contributed by atoms with E-state index in [9.17, 15) is 5.11 Å². The van der Waals surface area contributed by atoms with E-state index in [4.69, 9.17) is 18.9 Å². The van der Waals surface area contributed by atoms with E-state index >= 15 is 0 Å². The molecule has 2 heterocycles. The van der Waals surface area contributed by atoms with Crippen molar-refractivity contribution in [2.24, 2.45) is 0 Å². The fraction of sp³-hybridized carbons (Fsp3) is 0.429. The van der Waals surface area contributed by atoms with Gasteiger partial charge < -0.3 is 24.1 Å². The van der Waals surface area contributed by atoms with Gasteiger partial charge in [0.1, 0.15) is 5.75 Å². The number of nitrogens with zero attached hydrogens (tertiary/aromatic N) is 1. The Balaban J connectivity index is 2.04. The highest BCUT2D eigenvalue weighted by atomic mass is 16.5. The number of phenolic OH excluding ortho intramolecular Hbond substituents is 1. The zero-order valence-corrected chi connectivity index (χ0v) is 16.3. The summed E-state index contributed by atoms with van der Waals surface area (Å²) in [6, 6.07) is 5.48. The number of aromatic hydroxyl groups is 1. The summed E-state index contributed by atoms with van der Waals surface area (Å²) >= 11 is 0. The van der Waals surface area contributed by atoms with Crippen LogP contribution < -0.4 is 18.9 Å². The van der Waals surface area contributed by atoms with E-state index in [1.54, 1.807) is 19.2 Å². The van der Waals surface area contributed by atoms with Crippen LogP contribution in [0, 0.1) is 0 Å². The van der Waals surface area contributed by atoms with Crippen LogP contribution in [0.2, 0.25) is 0 Å². The molecule has 0 radical (unpaired) electrons.